The van der Waals surface area contributed by atoms with Crippen LogP contribution in [0.4, 0.5) is 4.39 Å². The second-order valence-corrected chi connectivity index (χ2v) is 16.1. The zero-order valence-corrected chi connectivity index (χ0v) is 21.5. The molecule has 0 aliphatic carbocycles. The monoisotopic (exact) mass is 551 g/mol. The summed E-state index contributed by atoms with van der Waals surface area (Å²) in [5.74, 6) is -2.07. The molecule has 2 aliphatic rings. The Bertz CT molecular complexity index is 1360. The van der Waals surface area contributed by atoms with E-state index in [0.717, 1.165) is 19.9 Å². The maximum absolute atomic E-state index is 14.5. The number of hydrogen-bond acceptors (Lipinski definition) is 8. The third-order valence-electron chi connectivity index (χ3n) is 6.19. The van der Waals surface area contributed by atoms with Crippen molar-refractivity contribution in [3.05, 3.63) is 52.7 Å². The first-order chi connectivity index (χ1) is 15.9. The molecule has 34 heavy (non-hydrogen) atoms. The van der Waals surface area contributed by atoms with Crippen LogP contribution in [-0.2, 0) is 36.4 Å². The van der Waals surface area contributed by atoms with E-state index in [1.165, 1.54) is 18.2 Å². The molecule has 2 aromatic rings. The van der Waals surface area contributed by atoms with Crippen LogP contribution >= 0.6 is 11.3 Å². The molecule has 0 radical (unpaired) electrons. The largest absolute Gasteiger partial charge is 0.326 e. The third kappa shape index (κ3) is 5.22. The molecule has 1 aromatic heterocycles. The molecule has 14 heteroatoms. The molecular formula is C20H26FN3O6S4. The van der Waals surface area contributed by atoms with E-state index in [-0.39, 0.29) is 48.3 Å². The van der Waals surface area contributed by atoms with Gasteiger partial charge in [0.25, 0.3) is 10.2 Å². The molecular weight excluding hydrogens is 526 g/mol. The molecule has 4 rings (SSSR count). The van der Waals surface area contributed by atoms with Gasteiger partial charge >= 0.3 is 0 Å². The van der Waals surface area contributed by atoms with Crippen LogP contribution in [0.3, 0.4) is 0 Å². The lowest BCUT2D eigenvalue weighted by Crippen LogP contribution is -2.52. The Morgan fingerprint density at radius 1 is 1.06 bits per heavy atom. The number of sulfone groups is 2. The van der Waals surface area contributed by atoms with Gasteiger partial charge in [0.2, 0.25) is 0 Å². The third-order valence-corrected chi connectivity index (χ3v) is 13.3. The highest BCUT2D eigenvalue weighted by molar-refractivity contribution is 7.93. The number of hydrogen-bond donors (Lipinski definition) is 1. The lowest BCUT2D eigenvalue weighted by molar-refractivity contribution is 0.341. The Kier molecular flexibility index (Phi) is 7.22. The van der Waals surface area contributed by atoms with Crippen LogP contribution in [0.15, 0.2) is 40.6 Å². The van der Waals surface area contributed by atoms with Crippen molar-refractivity contribution in [2.24, 2.45) is 5.73 Å². The molecule has 0 spiro atoms. The highest BCUT2D eigenvalue weighted by atomic mass is 32.2. The fourth-order valence-electron chi connectivity index (χ4n) is 4.40. The first-order valence-corrected chi connectivity index (χ1v) is 16.3. The van der Waals surface area contributed by atoms with Crippen molar-refractivity contribution in [2.45, 2.75) is 29.1 Å². The summed E-state index contributed by atoms with van der Waals surface area (Å²) in [6.07, 6.45) is 0.126. The van der Waals surface area contributed by atoms with Crippen LogP contribution in [0.5, 0.6) is 0 Å². The molecule has 0 saturated carbocycles. The van der Waals surface area contributed by atoms with Gasteiger partial charge in [-0.05, 0) is 30.2 Å². The number of benzene rings is 1. The Balaban J connectivity index is 1.65. The van der Waals surface area contributed by atoms with Gasteiger partial charge in [0.15, 0.2) is 19.7 Å². The average Bonchev–Trinajstić information content (AvgIpc) is 3.41. The van der Waals surface area contributed by atoms with Crippen molar-refractivity contribution in [3.63, 3.8) is 0 Å². The smallest absolute Gasteiger partial charge is 0.282 e. The highest BCUT2D eigenvalue weighted by Crippen LogP contribution is 2.37. The van der Waals surface area contributed by atoms with Crippen LogP contribution in [0.25, 0.3) is 0 Å². The molecule has 2 atom stereocenters. The summed E-state index contributed by atoms with van der Waals surface area (Å²) in [4.78, 5) is 0.688. The summed E-state index contributed by atoms with van der Waals surface area (Å²) in [6.45, 7) is -0.298. The van der Waals surface area contributed by atoms with Gasteiger partial charge in [-0.25, -0.2) is 21.2 Å². The first-order valence-electron chi connectivity index (χ1n) is 10.7. The van der Waals surface area contributed by atoms with Gasteiger partial charge in [0.05, 0.1) is 17.3 Å². The predicted octanol–water partition coefficient (Wildman–Crippen LogP) is 0.953. The maximum Gasteiger partial charge on any atom is 0.282 e. The summed E-state index contributed by atoms with van der Waals surface area (Å²) in [5.41, 5.74) is 5.92. The topological polar surface area (TPSA) is 135 Å². The highest BCUT2D eigenvalue weighted by Gasteiger charge is 2.46. The fourth-order valence-corrected chi connectivity index (χ4v) is 10.7. The Morgan fingerprint density at radius 3 is 2.35 bits per heavy atom. The van der Waals surface area contributed by atoms with Crippen molar-refractivity contribution in [3.8, 4) is 0 Å². The van der Waals surface area contributed by atoms with Gasteiger partial charge in [0, 0.05) is 43.0 Å². The molecule has 2 aliphatic heterocycles. The SMILES string of the molecule is NCc1ccc(S(=O)(=O)C[C@@H]2C[C@H](c3ccccc3F)CN2S(=O)(=O)N2CCS(=O)(=O)CC2)s1. The van der Waals surface area contributed by atoms with E-state index in [1.807, 2.05) is 0 Å². The maximum atomic E-state index is 14.5. The van der Waals surface area contributed by atoms with E-state index in [2.05, 4.69) is 0 Å². The fraction of sp³-hybridized carbons (Fsp3) is 0.500. The number of nitrogens with zero attached hydrogens (tertiary/aromatic N) is 2. The number of thiophene rings is 1. The van der Waals surface area contributed by atoms with E-state index < -0.39 is 53.4 Å². The molecule has 2 N–H and O–H groups in total. The van der Waals surface area contributed by atoms with E-state index in [4.69, 9.17) is 5.73 Å². The molecule has 0 amide bonds. The Labute approximate surface area is 203 Å². The molecule has 0 unspecified atom stereocenters. The van der Waals surface area contributed by atoms with Gasteiger partial charge in [-0.15, -0.1) is 11.3 Å². The summed E-state index contributed by atoms with van der Waals surface area (Å²) in [5, 5.41) is 0. The Hall–Kier alpha value is -1.42. The first kappa shape index (κ1) is 25.7. The second kappa shape index (κ2) is 9.56. The molecule has 3 heterocycles. The van der Waals surface area contributed by atoms with Crippen LogP contribution in [0.2, 0.25) is 0 Å². The molecule has 2 fully saturated rings. The minimum Gasteiger partial charge on any atom is -0.326 e. The summed E-state index contributed by atoms with van der Waals surface area (Å²) < 4.78 is 93.7. The summed E-state index contributed by atoms with van der Waals surface area (Å²) in [6, 6.07) is 8.19. The van der Waals surface area contributed by atoms with Crippen LogP contribution in [-0.4, -0.2) is 76.8 Å². The molecule has 9 nitrogen and oxygen atoms in total. The zero-order valence-electron chi connectivity index (χ0n) is 18.2. The molecule has 0 bridgehead atoms. The van der Waals surface area contributed by atoms with Crippen molar-refractivity contribution < 1.29 is 29.6 Å². The Morgan fingerprint density at radius 2 is 1.74 bits per heavy atom. The predicted molar refractivity (Wildman–Crippen MR) is 128 cm³/mol. The van der Waals surface area contributed by atoms with E-state index >= 15 is 0 Å². The van der Waals surface area contributed by atoms with Gasteiger partial charge in [-0.3, -0.25) is 0 Å². The van der Waals surface area contributed by atoms with Gasteiger partial charge < -0.3 is 5.73 Å². The second-order valence-electron chi connectivity index (χ2n) is 8.44. The van der Waals surface area contributed by atoms with E-state index in [9.17, 15) is 29.6 Å². The van der Waals surface area contributed by atoms with E-state index in [0.29, 0.717) is 10.4 Å². The number of rotatable bonds is 7. The summed E-state index contributed by atoms with van der Waals surface area (Å²) >= 11 is 1.04. The zero-order chi connectivity index (χ0) is 24.7. The van der Waals surface area contributed by atoms with Gasteiger partial charge in [-0.2, -0.15) is 17.0 Å². The number of halogens is 1. The van der Waals surface area contributed by atoms with Crippen LogP contribution in [0, 0.1) is 5.82 Å². The van der Waals surface area contributed by atoms with Gasteiger partial charge in [0.1, 0.15) is 10.0 Å². The molecule has 2 saturated heterocycles. The normalized spacial score (nSPS) is 24.4. The lowest BCUT2D eigenvalue weighted by Gasteiger charge is -2.32. The van der Waals surface area contributed by atoms with E-state index in [1.54, 1.807) is 18.2 Å². The summed E-state index contributed by atoms with van der Waals surface area (Å²) in [7, 11) is -11.3. The minimum absolute atomic E-state index is 0.0921. The molecule has 1 aromatic carbocycles. The van der Waals surface area contributed by atoms with Crippen LogP contribution in [0.1, 0.15) is 22.8 Å². The lowest BCUT2D eigenvalue weighted by atomic mass is 9.96. The van der Waals surface area contributed by atoms with Crippen LogP contribution < -0.4 is 5.73 Å². The van der Waals surface area contributed by atoms with Crippen molar-refractivity contribution in [1.29, 1.82) is 0 Å². The average molecular weight is 552 g/mol. The van der Waals surface area contributed by atoms with Crippen molar-refractivity contribution >= 4 is 41.2 Å². The van der Waals surface area contributed by atoms with Crippen molar-refractivity contribution in [1.82, 2.24) is 8.61 Å². The number of nitrogens with two attached hydrogens (primary N) is 1. The van der Waals surface area contributed by atoms with Gasteiger partial charge in [-0.1, -0.05) is 18.2 Å². The standard InChI is InChI=1S/C20H26FN3O6S4/c21-19-4-2-1-3-18(19)15-11-16(14-33(27,28)20-6-5-17(12-22)31-20)24(13-15)34(29,30)23-7-9-32(25,26)10-8-23/h1-6,15-16H,7-14,22H2/t15-,16-/m0/s1. The molecule has 188 valence electrons. The quantitative estimate of drug-likeness (QED) is 0.541. The minimum atomic E-state index is -4.17. The van der Waals surface area contributed by atoms with Crippen molar-refractivity contribution in [2.75, 3.05) is 36.9 Å².